The Kier molecular flexibility index (Phi) is 3.85. The Balaban J connectivity index is 1.64. The van der Waals surface area contributed by atoms with Gasteiger partial charge >= 0.3 is 0 Å². The van der Waals surface area contributed by atoms with Gasteiger partial charge < -0.3 is 10.6 Å². The number of fused-ring (bicyclic) bond motifs is 1. The van der Waals surface area contributed by atoms with Gasteiger partial charge in [0, 0.05) is 24.3 Å². The normalized spacial score (nSPS) is 18.2. The van der Waals surface area contributed by atoms with Crippen LogP contribution in [-0.2, 0) is 0 Å². The van der Waals surface area contributed by atoms with Crippen LogP contribution in [0.2, 0.25) is 5.02 Å². The van der Waals surface area contributed by atoms with E-state index in [1.165, 1.54) is 6.42 Å². The van der Waals surface area contributed by atoms with Gasteiger partial charge in [-0.05, 0) is 31.5 Å². The number of rotatable bonds is 3. The molecule has 3 aromatic rings. The Morgan fingerprint density at radius 3 is 3.09 bits per heavy atom. The van der Waals surface area contributed by atoms with Crippen molar-refractivity contribution in [3.63, 3.8) is 0 Å². The Labute approximate surface area is 138 Å². The zero-order chi connectivity index (χ0) is 15.6. The van der Waals surface area contributed by atoms with E-state index in [0.29, 0.717) is 11.1 Å². The maximum atomic E-state index is 6.00. The summed E-state index contributed by atoms with van der Waals surface area (Å²) in [6.07, 6.45) is 9.43. The summed E-state index contributed by atoms with van der Waals surface area (Å²) in [6, 6.07) is 4.19. The molecule has 118 valence electrons. The molecule has 2 N–H and O–H groups in total. The molecule has 0 bridgehead atoms. The van der Waals surface area contributed by atoms with Crippen LogP contribution in [0.3, 0.4) is 0 Å². The highest BCUT2D eigenvalue weighted by Gasteiger charge is 2.14. The third kappa shape index (κ3) is 3.00. The van der Waals surface area contributed by atoms with E-state index in [2.05, 4.69) is 20.7 Å². The SMILES string of the molecule is Clc1ccc2c(-c3cncc(NC4CCCNC4)n3)cnn2c1. The van der Waals surface area contributed by atoms with E-state index in [4.69, 9.17) is 16.6 Å². The molecule has 0 spiro atoms. The second-order valence-corrected chi connectivity index (χ2v) is 6.15. The van der Waals surface area contributed by atoms with E-state index in [-0.39, 0.29) is 0 Å². The van der Waals surface area contributed by atoms with Crippen LogP contribution in [0, 0.1) is 0 Å². The zero-order valence-electron chi connectivity index (χ0n) is 12.5. The minimum atomic E-state index is 0.399. The molecule has 1 aliphatic rings. The molecule has 1 aliphatic heterocycles. The molecular weight excluding hydrogens is 312 g/mol. The summed E-state index contributed by atoms with van der Waals surface area (Å²) in [5.74, 6) is 0.796. The highest BCUT2D eigenvalue weighted by molar-refractivity contribution is 6.30. The number of anilines is 1. The molecule has 0 saturated carbocycles. The van der Waals surface area contributed by atoms with Crippen molar-refractivity contribution in [1.82, 2.24) is 24.9 Å². The summed E-state index contributed by atoms with van der Waals surface area (Å²) in [6.45, 7) is 2.05. The number of nitrogens with zero attached hydrogens (tertiary/aromatic N) is 4. The molecule has 23 heavy (non-hydrogen) atoms. The lowest BCUT2D eigenvalue weighted by molar-refractivity contribution is 0.479. The molecule has 6 nitrogen and oxygen atoms in total. The first kappa shape index (κ1) is 14.4. The Bertz CT molecular complexity index is 824. The van der Waals surface area contributed by atoms with Crippen molar-refractivity contribution < 1.29 is 0 Å². The minimum absolute atomic E-state index is 0.399. The standard InChI is InChI=1S/C16H17ClN6/c17-11-3-4-15-13(7-20-23(15)10-11)14-8-19-9-16(22-14)21-12-2-1-5-18-6-12/h3-4,7-10,12,18H,1-2,5-6H2,(H,21,22). The Morgan fingerprint density at radius 1 is 1.26 bits per heavy atom. The summed E-state index contributed by atoms with van der Waals surface area (Å²) >= 11 is 6.00. The summed E-state index contributed by atoms with van der Waals surface area (Å²) < 4.78 is 1.75. The molecule has 0 aliphatic carbocycles. The molecule has 0 radical (unpaired) electrons. The van der Waals surface area contributed by atoms with E-state index in [1.807, 2.05) is 12.1 Å². The molecular formula is C16H17ClN6. The third-order valence-electron chi connectivity index (χ3n) is 4.04. The third-order valence-corrected chi connectivity index (χ3v) is 4.26. The van der Waals surface area contributed by atoms with E-state index in [1.54, 1.807) is 29.3 Å². The molecule has 4 heterocycles. The molecule has 1 atom stereocenters. The summed E-state index contributed by atoms with van der Waals surface area (Å²) in [5, 5.41) is 11.8. The lowest BCUT2D eigenvalue weighted by Crippen LogP contribution is -2.38. The molecule has 0 amide bonds. The van der Waals surface area contributed by atoms with Crippen molar-refractivity contribution in [3.05, 3.63) is 41.9 Å². The van der Waals surface area contributed by atoms with Gasteiger partial charge in [-0.15, -0.1) is 0 Å². The Hall–Kier alpha value is -2.18. The van der Waals surface area contributed by atoms with E-state index < -0.39 is 0 Å². The van der Waals surface area contributed by atoms with Crippen LogP contribution in [0.1, 0.15) is 12.8 Å². The van der Waals surface area contributed by atoms with E-state index in [9.17, 15) is 0 Å². The summed E-state index contributed by atoms with van der Waals surface area (Å²) in [4.78, 5) is 9.02. The van der Waals surface area contributed by atoms with Gasteiger partial charge in [-0.25, -0.2) is 9.50 Å². The Morgan fingerprint density at radius 2 is 2.22 bits per heavy atom. The first-order valence-corrected chi connectivity index (χ1v) is 8.10. The van der Waals surface area contributed by atoms with Gasteiger partial charge in [-0.1, -0.05) is 11.6 Å². The second-order valence-electron chi connectivity index (χ2n) is 5.71. The first-order chi connectivity index (χ1) is 11.3. The van der Waals surface area contributed by atoms with Crippen LogP contribution in [0.4, 0.5) is 5.82 Å². The number of hydrogen-bond donors (Lipinski definition) is 2. The van der Waals surface area contributed by atoms with E-state index >= 15 is 0 Å². The largest absolute Gasteiger partial charge is 0.365 e. The average molecular weight is 329 g/mol. The fourth-order valence-corrected chi connectivity index (χ4v) is 3.06. The highest BCUT2D eigenvalue weighted by Crippen LogP contribution is 2.24. The molecule has 0 aromatic carbocycles. The van der Waals surface area contributed by atoms with Crippen LogP contribution >= 0.6 is 11.6 Å². The van der Waals surface area contributed by atoms with Crippen LogP contribution < -0.4 is 10.6 Å². The molecule has 4 rings (SSSR count). The molecule has 7 heteroatoms. The highest BCUT2D eigenvalue weighted by atomic mass is 35.5. The molecule has 1 fully saturated rings. The van der Waals surface area contributed by atoms with Crippen LogP contribution in [0.15, 0.2) is 36.9 Å². The second kappa shape index (κ2) is 6.14. The maximum Gasteiger partial charge on any atom is 0.145 e. The van der Waals surface area contributed by atoms with Gasteiger partial charge in [-0.2, -0.15) is 5.10 Å². The number of piperidine rings is 1. The van der Waals surface area contributed by atoms with Crippen molar-refractivity contribution in [2.45, 2.75) is 18.9 Å². The summed E-state index contributed by atoms with van der Waals surface area (Å²) in [7, 11) is 0. The molecule has 1 saturated heterocycles. The average Bonchev–Trinajstić information content (AvgIpc) is 2.99. The number of hydrogen-bond acceptors (Lipinski definition) is 5. The number of halogens is 1. The number of pyridine rings is 1. The van der Waals surface area contributed by atoms with Crippen molar-refractivity contribution >= 4 is 22.9 Å². The van der Waals surface area contributed by atoms with Crippen molar-refractivity contribution in [2.75, 3.05) is 18.4 Å². The monoisotopic (exact) mass is 328 g/mol. The van der Waals surface area contributed by atoms with Crippen molar-refractivity contribution in [3.8, 4) is 11.3 Å². The first-order valence-electron chi connectivity index (χ1n) is 7.72. The van der Waals surface area contributed by atoms with E-state index in [0.717, 1.165) is 42.1 Å². The fraction of sp³-hybridized carbons (Fsp3) is 0.312. The van der Waals surface area contributed by atoms with Crippen LogP contribution in [0.25, 0.3) is 16.8 Å². The quantitative estimate of drug-likeness (QED) is 0.773. The fourth-order valence-electron chi connectivity index (χ4n) is 2.91. The smallest absolute Gasteiger partial charge is 0.145 e. The lowest BCUT2D eigenvalue weighted by Gasteiger charge is -2.24. The van der Waals surface area contributed by atoms with Crippen molar-refractivity contribution in [1.29, 1.82) is 0 Å². The zero-order valence-corrected chi connectivity index (χ0v) is 13.3. The molecule has 3 aromatic heterocycles. The van der Waals surface area contributed by atoms with Crippen molar-refractivity contribution in [2.24, 2.45) is 0 Å². The lowest BCUT2D eigenvalue weighted by atomic mass is 10.1. The topological polar surface area (TPSA) is 67.1 Å². The van der Waals surface area contributed by atoms with Gasteiger partial charge in [0.2, 0.25) is 0 Å². The number of nitrogens with one attached hydrogen (secondary N) is 2. The summed E-state index contributed by atoms with van der Waals surface area (Å²) in [5.41, 5.74) is 2.70. The van der Waals surface area contributed by atoms with Gasteiger partial charge in [0.25, 0.3) is 0 Å². The van der Waals surface area contributed by atoms with Crippen LogP contribution in [-0.4, -0.2) is 38.7 Å². The predicted octanol–water partition coefficient (Wildman–Crippen LogP) is 2.61. The minimum Gasteiger partial charge on any atom is -0.365 e. The van der Waals surface area contributed by atoms with Gasteiger partial charge in [-0.3, -0.25) is 4.98 Å². The molecule has 1 unspecified atom stereocenters. The predicted molar refractivity (Wildman–Crippen MR) is 90.7 cm³/mol. The maximum absolute atomic E-state index is 6.00. The van der Waals surface area contributed by atoms with Gasteiger partial charge in [0.1, 0.15) is 5.82 Å². The van der Waals surface area contributed by atoms with Crippen LogP contribution in [0.5, 0.6) is 0 Å². The van der Waals surface area contributed by atoms with Gasteiger partial charge in [0.15, 0.2) is 0 Å². The van der Waals surface area contributed by atoms with Gasteiger partial charge in [0.05, 0.1) is 34.8 Å². The number of aromatic nitrogens is 4.